The minimum Gasteiger partial charge on any atom is -0.450 e. The second-order valence-electron chi connectivity index (χ2n) is 3.85. The topological polar surface area (TPSA) is 89.7 Å². The Morgan fingerprint density at radius 2 is 1.89 bits per heavy atom. The second kappa shape index (κ2) is 7.26. The standard InChI is InChI=1S/C12H15NO5/c14-12(15)18-9-3-1-2-4-10-5-7-11(8-6-10)13(16)17/h5-8H,1-4,9H2,(H,14,15). The van der Waals surface area contributed by atoms with Crippen molar-refractivity contribution in [2.45, 2.75) is 25.7 Å². The first-order chi connectivity index (χ1) is 8.59. The van der Waals surface area contributed by atoms with Gasteiger partial charge in [0.15, 0.2) is 0 Å². The van der Waals surface area contributed by atoms with Gasteiger partial charge in [0.1, 0.15) is 0 Å². The van der Waals surface area contributed by atoms with Gasteiger partial charge in [-0.15, -0.1) is 0 Å². The lowest BCUT2D eigenvalue weighted by atomic mass is 10.1. The first-order valence-corrected chi connectivity index (χ1v) is 5.68. The Balaban J connectivity index is 2.19. The van der Waals surface area contributed by atoms with Gasteiger partial charge in [0, 0.05) is 12.1 Å². The van der Waals surface area contributed by atoms with Gasteiger partial charge in [-0.25, -0.2) is 4.79 Å². The molecule has 0 spiro atoms. The fraction of sp³-hybridized carbons (Fsp3) is 0.417. The molecule has 0 fully saturated rings. The lowest BCUT2D eigenvalue weighted by Gasteiger charge is -2.02. The molecule has 6 heteroatoms. The maximum absolute atomic E-state index is 10.4. The third-order valence-electron chi connectivity index (χ3n) is 2.48. The highest BCUT2D eigenvalue weighted by atomic mass is 16.7. The Morgan fingerprint density at radius 3 is 2.44 bits per heavy atom. The fourth-order valence-corrected chi connectivity index (χ4v) is 1.55. The van der Waals surface area contributed by atoms with Crippen LogP contribution < -0.4 is 0 Å². The van der Waals surface area contributed by atoms with Gasteiger partial charge < -0.3 is 9.84 Å². The molecule has 18 heavy (non-hydrogen) atoms. The molecule has 0 aliphatic rings. The van der Waals surface area contributed by atoms with Gasteiger partial charge in [0.25, 0.3) is 5.69 Å². The van der Waals surface area contributed by atoms with Crippen molar-refractivity contribution in [3.63, 3.8) is 0 Å². The molecule has 0 heterocycles. The monoisotopic (exact) mass is 253 g/mol. The van der Waals surface area contributed by atoms with Crippen LogP contribution in [0, 0.1) is 10.1 Å². The summed E-state index contributed by atoms with van der Waals surface area (Å²) in [6, 6.07) is 6.46. The molecule has 0 radical (unpaired) electrons. The molecule has 0 atom stereocenters. The second-order valence-corrected chi connectivity index (χ2v) is 3.85. The largest absolute Gasteiger partial charge is 0.505 e. The number of hydrogen-bond donors (Lipinski definition) is 1. The zero-order valence-corrected chi connectivity index (χ0v) is 9.87. The maximum Gasteiger partial charge on any atom is 0.505 e. The minimum absolute atomic E-state index is 0.0913. The number of rotatable bonds is 7. The van der Waals surface area contributed by atoms with Crippen molar-refractivity contribution >= 4 is 11.8 Å². The van der Waals surface area contributed by atoms with Gasteiger partial charge in [-0.3, -0.25) is 10.1 Å². The summed E-state index contributed by atoms with van der Waals surface area (Å²) in [7, 11) is 0. The van der Waals surface area contributed by atoms with Gasteiger partial charge in [-0.1, -0.05) is 12.1 Å². The smallest absolute Gasteiger partial charge is 0.450 e. The van der Waals surface area contributed by atoms with Crippen LogP contribution in [-0.2, 0) is 11.2 Å². The summed E-state index contributed by atoms with van der Waals surface area (Å²) < 4.78 is 4.38. The van der Waals surface area contributed by atoms with E-state index in [2.05, 4.69) is 4.74 Å². The van der Waals surface area contributed by atoms with Crippen LogP contribution in [0.1, 0.15) is 24.8 Å². The zero-order chi connectivity index (χ0) is 13.4. The first kappa shape index (κ1) is 14.0. The van der Waals surface area contributed by atoms with Crippen LogP contribution in [0.25, 0.3) is 0 Å². The molecule has 0 bridgehead atoms. The van der Waals surface area contributed by atoms with Crippen LogP contribution >= 0.6 is 0 Å². The summed E-state index contributed by atoms with van der Waals surface area (Å²) in [6.45, 7) is 0.218. The number of ether oxygens (including phenoxy) is 1. The Morgan fingerprint density at radius 1 is 1.22 bits per heavy atom. The number of unbranched alkanes of at least 4 members (excludes halogenated alkanes) is 2. The van der Waals surface area contributed by atoms with E-state index in [9.17, 15) is 14.9 Å². The average molecular weight is 253 g/mol. The van der Waals surface area contributed by atoms with Crippen molar-refractivity contribution in [1.82, 2.24) is 0 Å². The average Bonchev–Trinajstić information content (AvgIpc) is 2.34. The molecule has 0 unspecified atom stereocenters. The summed E-state index contributed by atoms with van der Waals surface area (Å²) in [5.41, 5.74) is 1.13. The molecule has 1 aromatic rings. The highest BCUT2D eigenvalue weighted by Crippen LogP contribution is 2.13. The molecule has 0 saturated carbocycles. The number of carbonyl (C=O) groups is 1. The Labute approximate surface area is 104 Å². The van der Waals surface area contributed by atoms with Crippen molar-refractivity contribution in [2.24, 2.45) is 0 Å². The van der Waals surface area contributed by atoms with E-state index in [4.69, 9.17) is 5.11 Å². The van der Waals surface area contributed by atoms with Gasteiger partial charge in [0.05, 0.1) is 11.5 Å². The Bertz CT molecular complexity index is 401. The zero-order valence-electron chi connectivity index (χ0n) is 9.87. The third-order valence-corrected chi connectivity index (χ3v) is 2.48. The van der Waals surface area contributed by atoms with Crippen molar-refractivity contribution in [3.05, 3.63) is 39.9 Å². The summed E-state index contributed by atoms with van der Waals surface area (Å²) >= 11 is 0. The number of carboxylic acid groups (broad SMARTS) is 1. The van der Waals surface area contributed by atoms with Crippen molar-refractivity contribution < 1.29 is 19.6 Å². The number of nitro groups is 1. The van der Waals surface area contributed by atoms with Crippen LogP contribution in [0.5, 0.6) is 0 Å². The summed E-state index contributed by atoms with van der Waals surface area (Å²) in [4.78, 5) is 20.1. The molecule has 1 rings (SSSR count). The SMILES string of the molecule is O=C(O)OCCCCCc1ccc([N+](=O)[O-])cc1. The maximum atomic E-state index is 10.4. The van der Waals surface area contributed by atoms with Crippen LogP contribution in [0.3, 0.4) is 0 Å². The number of nitro benzene ring substituents is 1. The fourth-order valence-electron chi connectivity index (χ4n) is 1.55. The van der Waals surface area contributed by atoms with Crippen molar-refractivity contribution in [1.29, 1.82) is 0 Å². The van der Waals surface area contributed by atoms with E-state index in [1.807, 2.05) is 0 Å². The summed E-state index contributed by atoms with van der Waals surface area (Å²) in [5.74, 6) is 0. The van der Waals surface area contributed by atoms with E-state index in [1.165, 1.54) is 12.1 Å². The first-order valence-electron chi connectivity index (χ1n) is 5.68. The summed E-state index contributed by atoms with van der Waals surface area (Å²) in [6.07, 6.45) is 2.04. The highest BCUT2D eigenvalue weighted by Gasteiger charge is 2.03. The van der Waals surface area contributed by atoms with Gasteiger partial charge in [-0.2, -0.15) is 0 Å². The van der Waals surface area contributed by atoms with Crippen LogP contribution in [0.15, 0.2) is 24.3 Å². The molecule has 1 N–H and O–H groups in total. The molecule has 0 aliphatic carbocycles. The lowest BCUT2D eigenvalue weighted by Crippen LogP contribution is -2.01. The predicted molar refractivity (Wildman–Crippen MR) is 64.6 cm³/mol. The van der Waals surface area contributed by atoms with Crippen LogP contribution in [0.4, 0.5) is 10.5 Å². The van der Waals surface area contributed by atoms with Gasteiger partial charge in [0.2, 0.25) is 0 Å². The van der Waals surface area contributed by atoms with E-state index in [-0.39, 0.29) is 12.3 Å². The van der Waals surface area contributed by atoms with E-state index >= 15 is 0 Å². The predicted octanol–water partition coefficient (Wildman–Crippen LogP) is 3.00. The molecule has 1 aromatic carbocycles. The van der Waals surface area contributed by atoms with E-state index in [0.29, 0.717) is 6.42 Å². The highest BCUT2D eigenvalue weighted by molar-refractivity contribution is 5.56. The number of benzene rings is 1. The molecule has 0 amide bonds. The Kier molecular flexibility index (Phi) is 5.63. The molecule has 0 saturated heterocycles. The molecule has 0 aliphatic heterocycles. The van der Waals surface area contributed by atoms with E-state index in [0.717, 1.165) is 24.8 Å². The van der Waals surface area contributed by atoms with Gasteiger partial charge in [-0.05, 0) is 31.2 Å². The van der Waals surface area contributed by atoms with E-state index in [1.54, 1.807) is 12.1 Å². The number of hydrogen-bond acceptors (Lipinski definition) is 4. The quantitative estimate of drug-likeness (QED) is 0.349. The van der Waals surface area contributed by atoms with Crippen molar-refractivity contribution in [3.8, 4) is 0 Å². The molecule has 0 aromatic heterocycles. The van der Waals surface area contributed by atoms with Crippen LogP contribution in [0.2, 0.25) is 0 Å². The molecule has 6 nitrogen and oxygen atoms in total. The number of aryl methyl sites for hydroxylation is 1. The van der Waals surface area contributed by atoms with Crippen LogP contribution in [-0.4, -0.2) is 22.8 Å². The summed E-state index contributed by atoms with van der Waals surface area (Å²) in [5, 5.41) is 18.7. The third kappa shape index (κ3) is 5.29. The Hall–Kier alpha value is -2.11. The molecular weight excluding hydrogens is 238 g/mol. The molecular formula is C12H15NO5. The minimum atomic E-state index is -1.25. The van der Waals surface area contributed by atoms with Gasteiger partial charge >= 0.3 is 6.16 Å². The molecule has 98 valence electrons. The normalized spacial score (nSPS) is 10.0. The van der Waals surface area contributed by atoms with Crippen molar-refractivity contribution in [2.75, 3.05) is 6.61 Å². The van der Waals surface area contributed by atoms with E-state index < -0.39 is 11.1 Å². The number of nitrogens with zero attached hydrogens (tertiary/aromatic N) is 1. The lowest BCUT2D eigenvalue weighted by molar-refractivity contribution is -0.384. The number of non-ortho nitro benzene ring substituents is 1.